The van der Waals surface area contributed by atoms with Crippen LogP contribution in [0.5, 0.6) is 11.5 Å². The van der Waals surface area contributed by atoms with Gasteiger partial charge in [-0.3, -0.25) is 10.1 Å². The van der Waals surface area contributed by atoms with E-state index in [0.717, 1.165) is 15.5 Å². The molecule has 0 fully saturated rings. The van der Waals surface area contributed by atoms with E-state index in [0.29, 0.717) is 29.5 Å². The van der Waals surface area contributed by atoms with Gasteiger partial charge < -0.3 is 9.47 Å². The number of rotatable bonds is 8. The molecule has 0 aliphatic rings. The fraction of sp³-hybridized carbons (Fsp3) is 0.238. The van der Waals surface area contributed by atoms with Crippen LogP contribution in [0, 0.1) is 0 Å². The van der Waals surface area contributed by atoms with Crippen molar-refractivity contribution in [3.05, 3.63) is 70.2 Å². The van der Waals surface area contributed by atoms with Crippen LogP contribution in [-0.2, 0) is 11.2 Å². The van der Waals surface area contributed by atoms with Gasteiger partial charge >= 0.3 is 0 Å². The molecule has 5 nitrogen and oxygen atoms in total. The molecule has 28 heavy (non-hydrogen) atoms. The quantitative estimate of drug-likeness (QED) is 0.548. The lowest BCUT2D eigenvalue weighted by atomic mass is 10.1. The lowest BCUT2D eigenvalue weighted by molar-refractivity contribution is -0.122. The van der Waals surface area contributed by atoms with Gasteiger partial charge in [-0.05, 0) is 30.2 Å². The highest BCUT2D eigenvalue weighted by Gasteiger charge is 2.21. The Morgan fingerprint density at radius 2 is 1.89 bits per heavy atom. The first kappa shape index (κ1) is 20.2. The van der Waals surface area contributed by atoms with Crippen molar-refractivity contribution < 1.29 is 14.3 Å². The highest BCUT2D eigenvalue weighted by molar-refractivity contribution is 7.15. The summed E-state index contributed by atoms with van der Waals surface area (Å²) >= 11 is 7.64. The number of anilines is 1. The molecule has 0 aliphatic heterocycles. The Hall–Kier alpha value is -2.57. The van der Waals surface area contributed by atoms with Crippen molar-refractivity contribution in [2.45, 2.75) is 25.9 Å². The van der Waals surface area contributed by atoms with Crippen molar-refractivity contribution in [2.24, 2.45) is 0 Å². The van der Waals surface area contributed by atoms with Crippen molar-refractivity contribution >= 4 is 34.0 Å². The molecule has 7 heteroatoms. The second kappa shape index (κ2) is 9.57. The smallest absolute Gasteiger partial charge is 0.267 e. The van der Waals surface area contributed by atoms with Gasteiger partial charge in [0.05, 0.1) is 7.11 Å². The summed E-state index contributed by atoms with van der Waals surface area (Å²) in [7, 11) is 1.57. The van der Waals surface area contributed by atoms with Crippen LogP contribution in [0.4, 0.5) is 5.13 Å². The molecule has 1 atom stereocenters. The average Bonchev–Trinajstić information content (AvgIpc) is 3.14. The summed E-state index contributed by atoms with van der Waals surface area (Å²) in [4.78, 5) is 18.0. The molecule has 0 radical (unpaired) electrons. The van der Waals surface area contributed by atoms with Crippen LogP contribution < -0.4 is 14.8 Å². The number of thiazole rings is 1. The number of nitrogens with zero attached hydrogens (tertiary/aromatic N) is 1. The highest BCUT2D eigenvalue weighted by Crippen LogP contribution is 2.28. The Kier molecular flexibility index (Phi) is 6.90. The molecule has 1 amide bonds. The van der Waals surface area contributed by atoms with Gasteiger partial charge in [0.15, 0.2) is 22.7 Å². The maximum atomic E-state index is 12.6. The molecule has 1 N–H and O–H groups in total. The molecule has 1 heterocycles. The summed E-state index contributed by atoms with van der Waals surface area (Å²) in [5, 5.41) is 4.10. The van der Waals surface area contributed by atoms with Crippen LogP contribution in [0.2, 0.25) is 5.02 Å². The molecule has 0 spiro atoms. The first-order chi connectivity index (χ1) is 13.6. The van der Waals surface area contributed by atoms with Gasteiger partial charge in [-0.1, -0.05) is 48.9 Å². The molecule has 3 rings (SSSR count). The van der Waals surface area contributed by atoms with E-state index in [1.807, 2.05) is 43.3 Å². The Balaban J connectivity index is 1.65. The monoisotopic (exact) mass is 416 g/mol. The minimum Gasteiger partial charge on any atom is -0.493 e. The number of nitrogens with one attached hydrogen (secondary N) is 1. The van der Waals surface area contributed by atoms with Gasteiger partial charge in [0, 0.05) is 22.5 Å². The predicted molar refractivity (Wildman–Crippen MR) is 113 cm³/mol. The molecular formula is C21H21ClN2O3S. The first-order valence-corrected chi connectivity index (χ1v) is 10.1. The van der Waals surface area contributed by atoms with Gasteiger partial charge in [-0.15, -0.1) is 11.3 Å². The minimum absolute atomic E-state index is 0.243. The van der Waals surface area contributed by atoms with Gasteiger partial charge in [0.1, 0.15) is 0 Å². The minimum atomic E-state index is -0.646. The van der Waals surface area contributed by atoms with Crippen LogP contribution in [-0.4, -0.2) is 24.1 Å². The number of carbonyl (C=O) groups is 1. The highest BCUT2D eigenvalue weighted by atomic mass is 35.5. The van der Waals surface area contributed by atoms with Crippen molar-refractivity contribution in [1.29, 1.82) is 0 Å². The Morgan fingerprint density at radius 1 is 1.18 bits per heavy atom. The van der Waals surface area contributed by atoms with E-state index in [9.17, 15) is 4.79 Å². The van der Waals surface area contributed by atoms with E-state index in [2.05, 4.69) is 10.3 Å². The number of methoxy groups -OCH3 is 1. The molecule has 0 saturated carbocycles. The number of para-hydroxylation sites is 2. The van der Waals surface area contributed by atoms with Crippen molar-refractivity contribution in [2.75, 3.05) is 12.4 Å². The largest absolute Gasteiger partial charge is 0.493 e. The molecule has 0 aliphatic carbocycles. The molecule has 0 saturated heterocycles. The molecule has 1 aromatic heterocycles. The number of amides is 1. The standard InChI is InChI=1S/C21H21ClN2O3S/c1-3-17(27-19-11-7-6-10-18(19)26-2)20(25)24-21-23-13-15(28-21)12-14-8-4-5-9-16(14)22/h4-11,13,17H,3,12H2,1-2H3,(H,23,24,25). The summed E-state index contributed by atoms with van der Waals surface area (Å²) in [5.41, 5.74) is 1.02. The molecule has 2 aromatic carbocycles. The lowest BCUT2D eigenvalue weighted by Gasteiger charge is -2.18. The van der Waals surface area contributed by atoms with Gasteiger partial charge in [-0.2, -0.15) is 0 Å². The van der Waals surface area contributed by atoms with E-state index >= 15 is 0 Å². The summed E-state index contributed by atoms with van der Waals surface area (Å²) in [6, 6.07) is 15.0. The number of benzene rings is 2. The maximum absolute atomic E-state index is 12.6. The van der Waals surface area contributed by atoms with Crippen LogP contribution in [0.3, 0.4) is 0 Å². The van der Waals surface area contributed by atoms with Crippen LogP contribution in [0.25, 0.3) is 0 Å². The van der Waals surface area contributed by atoms with Crippen molar-refractivity contribution in [1.82, 2.24) is 4.98 Å². The first-order valence-electron chi connectivity index (χ1n) is 8.89. The van der Waals surface area contributed by atoms with Gasteiger partial charge in [-0.25, -0.2) is 4.98 Å². The topological polar surface area (TPSA) is 60.5 Å². The second-order valence-electron chi connectivity index (χ2n) is 6.05. The van der Waals surface area contributed by atoms with E-state index in [1.54, 1.807) is 25.4 Å². The third-order valence-corrected chi connectivity index (χ3v) is 5.39. The average molecular weight is 417 g/mol. The third kappa shape index (κ3) is 5.03. The van der Waals surface area contributed by atoms with Gasteiger partial charge in [0.25, 0.3) is 5.91 Å². The van der Waals surface area contributed by atoms with Crippen LogP contribution in [0.1, 0.15) is 23.8 Å². The van der Waals surface area contributed by atoms with E-state index in [4.69, 9.17) is 21.1 Å². The van der Waals surface area contributed by atoms with Crippen molar-refractivity contribution in [3.8, 4) is 11.5 Å². The lowest BCUT2D eigenvalue weighted by Crippen LogP contribution is -2.32. The van der Waals surface area contributed by atoms with Gasteiger partial charge in [0.2, 0.25) is 0 Å². The fourth-order valence-corrected chi connectivity index (χ4v) is 3.70. The second-order valence-corrected chi connectivity index (χ2v) is 7.58. The molecule has 1 unspecified atom stereocenters. The van der Waals surface area contributed by atoms with Crippen LogP contribution in [0.15, 0.2) is 54.7 Å². The Bertz CT molecular complexity index is 945. The Labute approximate surface area is 173 Å². The number of ether oxygens (including phenoxy) is 2. The zero-order chi connectivity index (χ0) is 19.9. The fourth-order valence-electron chi connectivity index (χ4n) is 2.65. The third-order valence-electron chi connectivity index (χ3n) is 4.11. The summed E-state index contributed by atoms with van der Waals surface area (Å²) in [5.74, 6) is 0.877. The van der Waals surface area contributed by atoms with Crippen molar-refractivity contribution in [3.63, 3.8) is 0 Å². The molecule has 0 bridgehead atoms. The van der Waals surface area contributed by atoms with E-state index < -0.39 is 6.10 Å². The van der Waals surface area contributed by atoms with E-state index in [1.165, 1.54) is 11.3 Å². The maximum Gasteiger partial charge on any atom is 0.267 e. The number of hydrogen-bond acceptors (Lipinski definition) is 5. The number of hydrogen-bond donors (Lipinski definition) is 1. The van der Waals surface area contributed by atoms with Crippen LogP contribution >= 0.6 is 22.9 Å². The number of aromatic nitrogens is 1. The zero-order valence-electron chi connectivity index (χ0n) is 15.6. The zero-order valence-corrected chi connectivity index (χ0v) is 17.2. The summed E-state index contributed by atoms with van der Waals surface area (Å²) in [6.45, 7) is 1.89. The normalized spacial score (nSPS) is 11.7. The predicted octanol–water partition coefficient (Wildman–Crippen LogP) is 5.19. The summed E-state index contributed by atoms with van der Waals surface area (Å²) in [6.07, 6.45) is 2.29. The summed E-state index contributed by atoms with van der Waals surface area (Å²) < 4.78 is 11.1. The number of halogens is 1. The van der Waals surface area contributed by atoms with E-state index in [-0.39, 0.29) is 5.91 Å². The Morgan fingerprint density at radius 3 is 2.61 bits per heavy atom. The molecule has 146 valence electrons. The molecule has 3 aromatic rings. The SMILES string of the molecule is CCC(Oc1ccccc1OC)C(=O)Nc1ncc(Cc2ccccc2Cl)s1. The molecular weight excluding hydrogens is 396 g/mol. The number of carbonyl (C=O) groups excluding carboxylic acids is 1.